The van der Waals surface area contributed by atoms with Crippen LogP contribution in [0.4, 0.5) is 0 Å². The molecule has 1 nitrogen and oxygen atoms in total. The van der Waals surface area contributed by atoms with E-state index in [9.17, 15) is 0 Å². The molecule has 1 fully saturated rings. The fourth-order valence-corrected chi connectivity index (χ4v) is 0.144. The zero-order valence-electron chi connectivity index (χ0n) is 8.11. The van der Waals surface area contributed by atoms with Gasteiger partial charge < -0.3 is 4.74 Å². The summed E-state index contributed by atoms with van der Waals surface area (Å²) in [5.41, 5.74) is 0. The third-order valence-corrected chi connectivity index (χ3v) is 0.577. The molecular formula is C9H22O. The third kappa shape index (κ3) is 24.6. The number of hydrogen-bond donors (Lipinski definition) is 0. The molecule has 0 bridgehead atoms. The van der Waals surface area contributed by atoms with E-state index in [0.29, 0.717) is 0 Å². The SMILES string of the molecule is C1COC1.CC.CC(C)C. The maximum atomic E-state index is 4.72. The van der Waals surface area contributed by atoms with Crippen LogP contribution in [0.15, 0.2) is 0 Å². The fourth-order valence-electron chi connectivity index (χ4n) is 0.144. The highest BCUT2D eigenvalue weighted by atomic mass is 16.5. The number of ether oxygens (including phenoxy) is 1. The summed E-state index contributed by atoms with van der Waals surface area (Å²) in [6, 6.07) is 0. The highest BCUT2D eigenvalue weighted by Crippen LogP contribution is 1.93. The van der Waals surface area contributed by atoms with Crippen molar-refractivity contribution in [2.24, 2.45) is 5.92 Å². The zero-order chi connectivity index (χ0) is 8.41. The van der Waals surface area contributed by atoms with Crippen LogP contribution in [0.3, 0.4) is 0 Å². The molecule has 1 aliphatic rings. The molecule has 1 aliphatic heterocycles. The molecule has 0 unspecified atom stereocenters. The van der Waals surface area contributed by atoms with Crippen LogP contribution in [0.1, 0.15) is 41.0 Å². The fraction of sp³-hybridized carbons (Fsp3) is 1.00. The first-order valence-electron chi connectivity index (χ1n) is 4.31. The molecule has 64 valence electrons. The maximum absolute atomic E-state index is 4.72. The lowest BCUT2D eigenvalue weighted by Gasteiger charge is -2.09. The molecule has 1 heteroatoms. The maximum Gasteiger partial charge on any atom is 0.0488 e. The van der Waals surface area contributed by atoms with E-state index < -0.39 is 0 Å². The van der Waals surface area contributed by atoms with E-state index in [0.717, 1.165) is 19.1 Å². The predicted molar refractivity (Wildman–Crippen MR) is 47.3 cm³/mol. The van der Waals surface area contributed by atoms with E-state index in [1.807, 2.05) is 13.8 Å². The standard InChI is InChI=1S/C4H10.C3H6O.C2H6/c1-4(2)3;1-2-4-3-1;1-2/h4H,1-3H3;1-3H2;1-2H3. The first kappa shape index (κ1) is 12.6. The van der Waals surface area contributed by atoms with E-state index in [-0.39, 0.29) is 0 Å². The van der Waals surface area contributed by atoms with E-state index in [2.05, 4.69) is 20.8 Å². The summed E-state index contributed by atoms with van der Waals surface area (Å²) in [6.45, 7) is 12.5. The van der Waals surface area contributed by atoms with Gasteiger partial charge >= 0.3 is 0 Å². The van der Waals surface area contributed by atoms with Crippen LogP contribution in [-0.4, -0.2) is 13.2 Å². The van der Waals surface area contributed by atoms with Gasteiger partial charge in [-0.15, -0.1) is 0 Å². The van der Waals surface area contributed by atoms with Crippen molar-refractivity contribution in [2.45, 2.75) is 41.0 Å². The minimum absolute atomic E-state index is 0.833. The molecule has 0 spiro atoms. The second-order valence-electron chi connectivity index (χ2n) is 2.70. The van der Waals surface area contributed by atoms with Crippen molar-refractivity contribution in [1.29, 1.82) is 0 Å². The minimum Gasteiger partial charge on any atom is -0.381 e. The second kappa shape index (κ2) is 11.7. The van der Waals surface area contributed by atoms with Gasteiger partial charge in [0.1, 0.15) is 0 Å². The highest BCUT2D eigenvalue weighted by molar-refractivity contribution is 4.41. The van der Waals surface area contributed by atoms with Gasteiger partial charge in [-0.3, -0.25) is 0 Å². The van der Waals surface area contributed by atoms with Crippen LogP contribution in [0, 0.1) is 5.92 Å². The Morgan fingerprint density at radius 1 is 1.00 bits per heavy atom. The summed E-state index contributed by atoms with van der Waals surface area (Å²) in [6.07, 6.45) is 1.28. The molecule has 0 N–H and O–H groups in total. The van der Waals surface area contributed by atoms with Crippen LogP contribution in [0.2, 0.25) is 0 Å². The monoisotopic (exact) mass is 146 g/mol. The summed E-state index contributed by atoms with van der Waals surface area (Å²) in [5.74, 6) is 0.833. The van der Waals surface area contributed by atoms with Crippen molar-refractivity contribution < 1.29 is 4.74 Å². The summed E-state index contributed by atoms with van der Waals surface area (Å²) < 4.78 is 4.72. The normalized spacial score (nSPS) is 13.8. The largest absolute Gasteiger partial charge is 0.381 e. The van der Waals surface area contributed by atoms with Crippen LogP contribution >= 0.6 is 0 Å². The molecule has 0 amide bonds. The quantitative estimate of drug-likeness (QED) is 0.510. The van der Waals surface area contributed by atoms with Gasteiger partial charge in [0.05, 0.1) is 0 Å². The molecule has 0 atom stereocenters. The Bertz CT molecular complexity index is 31.2. The molecule has 0 radical (unpaired) electrons. The Labute approximate surface area is 65.8 Å². The first-order chi connectivity index (χ1) is 4.73. The summed E-state index contributed by atoms with van der Waals surface area (Å²) >= 11 is 0. The van der Waals surface area contributed by atoms with Crippen LogP contribution in [-0.2, 0) is 4.74 Å². The van der Waals surface area contributed by atoms with E-state index in [1.165, 1.54) is 6.42 Å². The Kier molecular flexibility index (Phi) is 14.8. The smallest absolute Gasteiger partial charge is 0.0488 e. The lowest BCUT2D eigenvalue weighted by Crippen LogP contribution is -2.09. The van der Waals surface area contributed by atoms with Gasteiger partial charge in [-0.25, -0.2) is 0 Å². The molecule has 1 rings (SSSR count). The van der Waals surface area contributed by atoms with E-state index in [1.54, 1.807) is 0 Å². The summed E-state index contributed by atoms with van der Waals surface area (Å²) in [5, 5.41) is 0. The van der Waals surface area contributed by atoms with Gasteiger partial charge in [0.2, 0.25) is 0 Å². The lowest BCUT2D eigenvalue weighted by atomic mass is 10.3. The Morgan fingerprint density at radius 3 is 1.10 bits per heavy atom. The van der Waals surface area contributed by atoms with Gasteiger partial charge in [0, 0.05) is 13.2 Å². The molecule has 0 saturated carbocycles. The molecule has 1 saturated heterocycles. The predicted octanol–water partition coefficient (Wildman–Crippen LogP) is 3.10. The van der Waals surface area contributed by atoms with Crippen LogP contribution in [0.25, 0.3) is 0 Å². The zero-order valence-corrected chi connectivity index (χ0v) is 8.11. The van der Waals surface area contributed by atoms with Gasteiger partial charge in [-0.1, -0.05) is 34.6 Å². The average Bonchev–Trinajstić information content (AvgIpc) is 1.63. The summed E-state index contributed by atoms with van der Waals surface area (Å²) in [4.78, 5) is 0. The summed E-state index contributed by atoms with van der Waals surface area (Å²) in [7, 11) is 0. The van der Waals surface area contributed by atoms with Crippen molar-refractivity contribution in [3.05, 3.63) is 0 Å². The van der Waals surface area contributed by atoms with Crippen molar-refractivity contribution >= 4 is 0 Å². The lowest BCUT2D eigenvalue weighted by molar-refractivity contribution is 0.0367. The van der Waals surface area contributed by atoms with Gasteiger partial charge in [-0.05, 0) is 12.3 Å². The Hall–Kier alpha value is -0.0400. The molecule has 0 aromatic rings. The first-order valence-corrected chi connectivity index (χ1v) is 4.31. The van der Waals surface area contributed by atoms with Crippen LogP contribution in [0.5, 0.6) is 0 Å². The van der Waals surface area contributed by atoms with Gasteiger partial charge in [0.15, 0.2) is 0 Å². The topological polar surface area (TPSA) is 9.23 Å². The molecular weight excluding hydrogens is 124 g/mol. The molecule has 0 aliphatic carbocycles. The van der Waals surface area contributed by atoms with E-state index >= 15 is 0 Å². The van der Waals surface area contributed by atoms with Gasteiger partial charge in [-0.2, -0.15) is 0 Å². The average molecular weight is 146 g/mol. The van der Waals surface area contributed by atoms with Crippen molar-refractivity contribution in [2.75, 3.05) is 13.2 Å². The van der Waals surface area contributed by atoms with Crippen LogP contribution < -0.4 is 0 Å². The molecule has 10 heavy (non-hydrogen) atoms. The van der Waals surface area contributed by atoms with Crippen molar-refractivity contribution in [1.82, 2.24) is 0 Å². The third-order valence-electron chi connectivity index (χ3n) is 0.577. The minimum atomic E-state index is 0.833. The molecule has 0 aromatic heterocycles. The molecule has 0 aromatic carbocycles. The molecule has 1 heterocycles. The van der Waals surface area contributed by atoms with Crippen molar-refractivity contribution in [3.8, 4) is 0 Å². The van der Waals surface area contributed by atoms with E-state index in [4.69, 9.17) is 4.74 Å². The number of rotatable bonds is 0. The van der Waals surface area contributed by atoms with Gasteiger partial charge in [0.25, 0.3) is 0 Å². The highest BCUT2D eigenvalue weighted by Gasteiger charge is 1.94. The number of hydrogen-bond acceptors (Lipinski definition) is 1. The Morgan fingerprint density at radius 2 is 1.10 bits per heavy atom. The van der Waals surface area contributed by atoms with Crippen molar-refractivity contribution in [3.63, 3.8) is 0 Å². The Balaban J connectivity index is 0. The second-order valence-corrected chi connectivity index (χ2v) is 2.70.